The molecule has 2 aromatic carbocycles. The number of carbonyl (C=O) groups excluding carboxylic acids is 1. The van der Waals surface area contributed by atoms with E-state index in [2.05, 4.69) is 10.5 Å². The van der Waals surface area contributed by atoms with Crippen molar-refractivity contribution >= 4 is 23.1 Å². The van der Waals surface area contributed by atoms with E-state index < -0.39 is 0 Å². The minimum Gasteiger partial charge on any atom is -0.497 e. The van der Waals surface area contributed by atoms with Gasteiger partial charge < -0.3 is 9.15 Å². The molecule has 0 fully saturated rings. The minimum atomic E-state index is -0.278. The molecule has 0 atom stereocenters. The lowest BCUT2D eigenvalue weighted by Gasteiger charge is -2.02. The molecule has 3 rings (SSSR count). The molecule has 5 heteroatoms. The number of rotatable bonds is 5. The zero-order valence-corrected chi connectivity index (χ0v) is 13.6. The fourth-order valence-corrected chi connectivity index (χ4v) is 2.48. The molecule has 3 aromatic rings. The van der Waals surface area contributed by atoms with Gasteiger partial charge in [0.15, 0.2) is 0 Å². The number of benzene rings is 2. The van der Waals surface area contributed by atoms with Crippen LogP contribution in [0.2, 0.25) is 0 Å². The predicted molar refractivity (Wildman–Crippen MR) is 93.6 cm³/mol. The van der Waals surface area contributed by atoms with E-state index in [1.807, 2.05) is 31.2 Å². The van der Waals surface area contributed by atoms with Crippen LogP contribution in [0.3, 0.4) is 0 Å². The van der Waals surface area contributed by atoms with Crippen molar-refractivity contribution in [3.63, 3.8) is 0 Å². The first-order valence-corrected chi connectivity index (χ1v) is 7.70. The van der Waals surface area contributed by atoms with E-state index in [1.54, 1.807) is 37.6 Å². The van der Waals surface area contributed by atoms with Crippen LogP contribution in [0.4, 0.5) is 0 Å². The number of fused-ring (bicyclic) bond motifs is 1. The van der Waals surface area contributed by atoms with E-state index in [0.29, 0.717) is 11.3 Å². The molecule has 1 N–H and O–H groups in total. The van der Waals surface area contributed by atoms with Gasteiger partial charge in [-0.1, -0.05) is 25.1 Å². The standard InChI is InChI=1S/C19H18N2O3/c1-3-17-16(15-6-4-5-7-18(15)24-17)12-20-21-19(22)13-8-10-14(23-2)11-9-13/h4-12H,3H2,1-2H3,(H,21,22)/b20-12-. The lowest BCUT2D eigenvalue weighted by Crippen LogP contribution is -2.17. The number of ether oxygens (including phenoxy) is 1. The van der Waals surface area contributed by atoms with Crippen molar-refractivity contribution in [2.24, 2.45) is 5.10 Å². The summed E-state index contributed by atoms with van der Waals surface area (Å²) >= 11 is 0. The minimum absolute atomic E-state index is 0.278. The van der Waals surface area contributed by atoms with Crippen molar-refractivity contribution in [2.45, 2.75) is 13.3 Å². The molecule has 24 heavy (non-hydrogen) atoms. The summed E-state index contributed by atoms with van der Waals surface area (Å²) in [5.74, 6) is 1.27. The van der Waals surface area contributed by atoms with Crippen LogP contribution in [0.15, 0.2) is 58.0 Å². The second kappa shape index (κ2) is 7.00. The van der Waals surface area contributed by atoms with Gasteiger partial charge in [0, 0.05) is 22.9 Å². The number of aryl methyl sites for hydroxylation is 1. The molecule has 0 radical (unpaired) electrons. The van der Waals surface area contributed by atoms with Gasteiger partial charge >= 0.3 is 0 Å². The molecular formula is C19H18N2O3. The van der Waals surface area contributed by atoms with E-state index in [4.69, 9.17) is 9.15 Å². The lowest BCUT2D eigenvalue weighted by atomic mass is 10.1. The van der Waals surface area contributed by atoms with Crippen molar-refractivity contribution in [1.29, 1.82) is 0 Å². The molecule has 0 aliphatic carbocycles. The van der Waals surface area contributed by atoms with Crippen LogP contribution in [0.1, 0.15) is 28.6 Å². The molecule has 0 bridgehead atoms. The highest BCUT2D eigenvalue weighted by atomic mass is 16.5. The predicted octanol–water partition coefficient (Wildman–Crippen LogP) is 3.77. The van der Waals surface area contributed by atoms with Crippen molar-refractivity contribution in [3.05, 3.63) is 65.4 Å². The maximum Gasteiger partial charge on any atom is 0.271 e. The molecule has 0 unspecified atom stereocenters. The first-order valence-electron chi connectivity index (χ1n) is 7.70. The van der Waals surface area contributed by atoms with E-state index in [0.717, 1.165) is 28.7 Å². The van der Waals surface area contributed by atoms with Gasteiger partial charge in [0.1, 0.15) is 17.1 Å². The van der Waals surface area contributed by atoms with Crippen LogP contribution in [-0.4, -0.2) is 19.2 Å². The maximum absolute atomic E-state index is 12.1. The number of hydrogen-bond acceptors (Lipinski definition) is 4. The summed E-state index contributed by atoms with van der Waals surface area (Å²) in [6, 6.07) is 14.6. The Morgan fingerprint density at radius 2 is 1.96 bits per heavy atom. The van der Waals surface area contributed by atoms with Gasteiger partial charge in [0.05, 0.1) is 13.3 Å². The van der Waals surface area contributed by atoms with Crippen molar-refractivity contribution in [3.8, 4) is 5.75 Å². The summed E-state index contributed by atoms with van der Waals surface area (Å²) in [5, 5.41) is 5.06. The van der Waals surface area contributed by atoms with Gasteiger partial charge in [0.25, 0.3) is 5.91 Å². The van der Waals surface area contributed by atoms with Crippen LogP contribution in [0, 0.1) is 0 Å². The fraction of sp³-hybridized carbons (Fsp3) is 0.158. The Hall–Kier alpha value is -3.08. The summed E-state index contributed by atoms with van der Waals surface area (Å²) in [7, 11) is 1.58. The summed E-state index contributed by atoms with van der Waals surface area (Å²) in [6.07, 6.45) is 2.38. The number of methoxy groups -OCH3 is 1. The van der Waals surface area contributed by atoms with E-state index in [-0.39, 0.29) is 5.91 Å². The molecule has 0 saturated carbocycles. The van der Waals surface area contributed by atoms with Crippen molar-refractivity contribution < 1.29 is 13.9 Å². The zero-order chi connectivity index (χ0) is 16.9. The molecule has 122 valence electrons. The number of hydrazone groups is 1. The molecule has 0 saturated heterocycles. The third-order valence-corrected chi connectivity index (χ3v) is 3.74. The van der Waals surface area contributed by atoms with E-state index in [1.165, 1.54) is 0 Å². The van der Waals surface area contributed by atoms with E-state index >= 15 is 0 Å². The Labute approximate surface area is 139 Å². The smallest absolute Gasteiger partial charge is 0.271 e. The second-order valence-electron chi connectivity index (χ2n) is 5.22. The van der Waals surface area contributed by atoms with Crippen LogP contribution in [0.25, 0.3) is 11.0 Å². The molecular weight excluding hydrogens is 304 g/mol. The second-order valence-corrected chi connectivity index (χ2v) is 5.22. The topological polar surface area (TPSA) is 63.8 Å². The molecule has 1 amide bonds. The third-order valence-electron chi connectivity index (χ3n) is 3.74. The molecule has 1 aromatic heterocycles. The Bertz CT molecular complexity index is 879. The van der Waals surface area contributed by atoms with Crippen molar-refractivity contribution in [1.82, 2.24) is 5.43 Å². The number of hydrogen-bond donors (Lipinski definition) is 1. The van der Waals surface area contributed by atoms with Crippen LogP contribution in [-0.2, 0) is 6.42 Å². The first kappa shape index (κ1) is 15.8. The molecule has 0 aliphatic heterocycles. The molecule has 0 aliphatic rings. The Kier molecular flexibility index (Phi) is 4.61. The Morgan fingerprint density at radius 3 is 2.67 bits per heavy atom. The SMILES string of the molecule is CCc1oc2ccccc2c1/C=N\NC(=O)c1ccc(OC)cc1. The number of para-hydroxylation sites is 1. The zero-order valence-electron chi connectivity index (χ0n) is 13.6. The number of furan rings is 1. The number of carbonyl (C=O) groups is 1. The van der Waals surface area contributed by atoms with Gasteiger partial charge in [-0.3, -0.25) is 4.79 Å². The van der Waals surface area contributed by atoms with Crippen molar-refractivity contribution in [2.75, 3.05) is 7.11 Å². The van der Waals surface area contributed by atoms with Gasteiger partial charge in [-0.25, -0.2) is 5.43 Å². The van der Waals surface area contributed by atoms with Gasteiger partial charge in [0.2, 0.25) is 0 Å². The average molecular weight is 322 g/mol. The quantitative estimate of drug-likeness (QED) is 0.574. The maximum atomic E-state index is 12.1. The highest BCUT2D eigenvalue weighted by Gasteiger charge is 2.10. The molecule has 5 nitrogen and oxygen atoms in total. The monoisotopic (exact) mass is 322 g/mol. The number of amides is 1. The summed E-state index contributed by atoms with van der Waals surface area (Å²) in [4.78, 5) is 12.1. The Morgan fingerprint density at radius 1 is 1.21 bits per heavy atom. The largest absolute Gasteiger partial charge is 0.497 e. The van der Waals surface area contributed by atoms with Crippen LogP contribution in [0.5, 0.6) is 5.75 Å². The lowest BCUT2D eigenvalue weighted by molar-refractivity contribution is 0.0955. The van der Waals surface area contributed by atoms with Gasteiger partial charge in [-0.15, -0.1) is 0 Å². The van der Waals surface area contributed by atoms with Gasteiger partial charge in [-0.2, -0.15) is 5.10 Å². The summed E-state index contributed by atoms with van der Waals surface area (Å²) in [5.41, 5.74) is 4.76. The number of nitrogens with zero attached hydrogens (tertiary/aromatic N) is 1. The highest BCUT2D eigenvalue weighted by Crippen LogP contribution is 2.24. The number of nitrogens with one attached hydrogen (secondary N) is 1. The van der Waals surface area contributed by atoms with Crippen LogP contribution >= 0.6 is 0 Å². The molecule has 0 spiro atoms. The molecule has 1 heterocycles. The van der Waals surface area contributed by atoms with Crippen LogP contribution < -0.4 is 10.2 Å². The Balaban J connectivity index is 1.77. The third kappa shape index (κ3) is 3.15. The first-order chi connectivity index (χ1) is 11.7. The fourth-order valence-electron chi connectivity index (χ4n) is 2.48. The summed E-state index contributed by atoms with van der Waals surface area (Å²) in [6.45, 7) is 2.02. The highest BCUT2D eigenvalue weighted by molar-refractivity contribution is 6.00. The normalized spacial score (nSPS) is 11.1. The van der Waals surface area contributed by atoms with Gasteiger partial charge in [-0.05, 0) is 30.3 Å². The average Bonchev–Trinajstić information content (AvgIpc) is 2.99. The summed E-state index contributed by atoms with van der Waals surface area (Å²) < 4.78 is 10.9. The van der Waals surface area contributed by atoms with E-state index in [9.17, 15) is 4.79 Å².